The van der Waals surface area contributed by atoms with E-state index in [1.807, 2.05) is 6.07 Å². The minimum Gasteiger partial charge on any atom is -0.465 e. The molecule has 19 heavy (non-hydrogen) atoms. The first-order valence-electron chi connectivity index (χ1n) is 5.98. The largest absolute Gasteiger partial charge is 0.465 e. The summed E-state index contributed by atoms with van der Waals surface area (Å²) in [5.41, 5.74) is 0.947. The molecule has 0 unspecified atom stereocenters. The molecule has 5 heteroatoms. The first kappa shape index (κ1) is 14.8. The number of ether oxygens (including phenoxy) is 1. The molecule has 0 aliphatic heterocycles. The van der Waals surface area contributed by atoms with Crippen LogP contribution in [0.25, 0.3) is 0 Å². The van der Waals surface area contributed by atoms with Crippen molar-refractivity contribution in [1.29, 1.82) is 5.26 Å². The minimum atomic E-state index is -0.965. The van der Waals surface area contributed by atoms with Gasteiger partial charge in [-0.3, -0.25) is 9.79 Å². The molecular weight excluding hydrogens is 247 g/mol. The lowest BCUT2D eigenvalue weighted by molar-refractivity contribution is -0.143. The Kier molecular flexibility index (Phi) is 6.23. The highest BCUT2D eigenvalue weighted by atomic mass is 19.1. The zero-order valence-corrected chi connectivity index (χ0v) is 10.7. The minimum absolute atomic E-state index is 0.237. The van der Waals surface area contributed by atoms with Crippen LogP contribution in [0.15, 0.2) is 29.3 Å². The lowest BCUT2D eigenvalue weighted by Crippen LogP contribution is -2.17. The van der Waals surface area contributed by atoms with Gasteiger partial charge in [-0.05, 0) is 31.0 Å². The molecule has 0 bridgehead atoms. The van der Waals surface area contributed by atoms with Gasteiger partial charge in [0.25, 0.3) is 0 Å². The molecule has 0 aliphatic rings. The average Bonchev–Trinajstić information content (AvgIpc) is 2.41. The Bertz CT molecular complexity index is 477. The molecule has 1 rings (SSSR count). The lowest BCUT2D eigenvalue weighted by Gasteiger charge is -2.02. The maximum atomic E-state index is 12.7. The molecule has 0 aliphatic carbocycles. The summed E-state index contributed by atoms with van der Waals surface area (Å²) in [6.07, 6.45) is 1.92. The lowest BCUT2D eigenvalue weighted by atomic mass is 10.1. The summed E-state index contributed by atoms with van der Waals surface area (Å²) < 4.78 is 17.4. The van der Waals surface area contributed by atoms with E-state index in [2.05, 4.69) is 4.99 Å². The van der Waals surface area contributed by atoms with E-state index in [9.17, 15) is 9.18 Å². The van der Waals surface area contributed by atoms with Crippen molar-refractivity contribution in [2.45, 2.75) is 13.3 Å². The first-order valence-corrected chi connectivity index (χ1v) is 5.98. The Labute approximate surface area is 111 Å². The van der Waals surface area contributed by atoms with E-state index in [-0.39, 0.29) is 12.4 Å². The monoisotopic (exact) mass is 262 g/mol. The number of carbonyl (C=O) groups excluding carboxylic acids is 1. The van der Waals surface area contributed by atoms with E-state index in [0.29, 0.717) is 13.0 Å². The predicted molar refractivity (Wildman–Crippen MR) is 69.2 cm³/mol. The van der Waals surface area contributed by atoms with E-state index in [1.165, 1.54) is 18.3 Å². The Hall–Kier alpha value is -2.22. The smallest absolute Gasteiger partial charge is 0.328 e. The molecule has 0 radical (unpaired) electrons. The number of aliphatic imine (C=N–C) groups is 1. The highest BCUT2D eigenvalue weighted by Gasteiger charge is 2.15. The third-order valence-electron chi connectivity index (χ3n) is 2.38. The van der Waals surface area contributed by atoms with Gasteiger partial charge in [-0.15, -0.1) is 0 Å². The highest BCUT2D eigenvalue weighted by molar-refractivity contribution is 5.92. The molecule has 0 amide bonds. The molecule has 0 heterocycles. The van der Waals surface area contributed by atoms with Gasteiger partial charge in [0, 0.05) is 12.8 Å². The Morgan fingerprint density at radius 1 is 1.53 bits per heavy atom. The van der Waals surface area contributed by atoms with Crippen molar-refractivity contribution in [3.63, 3.8) is 0 Å². The number of carbonyl (C=O) groups is 1. The van der Waals surface area contributed by atoms with Crippen LogP contribution in [0.5, 0.6) is 0 Å². The summed E-state index contributed by atoms with van der Waals surface area (Å²) in [4.78, 5) is 15.3. The second kappa shape index (κ2) is 7.98. The van der Waals surface area contributed by atoms with Crippen LogP contribution in [0.1, 0.15) is 12.5 Å². The summed E-state index contributed by atoms with van der Waals surface area (Å²) in [5.74, 6) is -1.83. The SMILES string of the molecule is CCOC(=O)[C@@H](C#N)C=NCCc1ccc(F)cc1. The number of hydrogen-bond acceptors (Lipinski definition) is 4. The van der Waals surface area contributed by atoms with Gasteiger partial charge in [-0.2, -0.15) is 5.26 Å². The Morgan fingerprint density at radius 2 is 2.21 bits per heavy atom. The van der Waals surface area contributed by atoms with E-state index >= 15 is 0 Å². The molecule has 4 nitrogen and oxygen atoms in total. The molecule has 0 saturated carbocycles. The topological polar surface area (TPSA) is 62.5 Å². The van der Waals surface area contributed by atoms with Crippen molar-refractivity contribution in [3.05, 3.63) is 35.6 Å². The highest BCUT2D eigenvalue weighted by Crippen LogP contribution is 2.03. The van der Waals surface area contributed by atoms with Gasteiger partial charge in [-0.1, -0.05) is 12.1 Å². The van der Waals surface area contributed by atoms with E-state index in [0.717, 1.165) is 5.56 Å². The number of esters is 1. The van der Waals surface area contributed by atoms with Crippen LogP contribution in [0.3, 0.4) is 0 Å². The Balaban J connectivity index is 2.42. The second-order valence-corrected chi connectivity index (χ2v) is 3.79. The third kappa shape index (κ3) is 5.30. The molecule has 1 aromatic carbocycles. The molecule has 0 fully saturated rings. The standard InChI is InChI=1S/C14H15FN2O2/c1-2-19-14(18)12(9-16)10-17-8-7-11-3-5-13(15)6-4-11/h3-6,10,12H,2,7-8H2,1H3/t12-/m0/s1. The molecule has 0 saturated heterocycles. The normalized spacial score (nSPS) is 12.1. The van der Waals surface area contributed by atoms with Crippen LogP contribution in [0.2, 0.25) is 0 Å². The second-order valence-electron chi connectivity index (χ2n) is 3.79. The van der Waals surface area contributed by atoms with Gasteiger partial charge < -0.3 is 4.74 Å². The van der Waals surface area contributed by atoms with Crippen molar-refractivity contribution in [2.24, 2.45) is 10.9 Å². The molecule has 0 N–H and O–H groups in total. The maximum absolute atomic E-state index is 12.7. The van der Waals surface area contributed by atoms with Crippen molar-refractivity contribution >= 4 is 12.2 Å². The summed E-state index contributed by atoms with van der Waals surface area (Å²) in [6, 6.07) is 7.95. The van der Waals surface area contributed by atoms with Gasteiger partial charge in [0.15, 0.2) is 5.92 Å². The third-order valence-corrected chi connectivity index (χ3v) is 2.38. The van der Waals surface area contributed by atoms with Crippen LogP contribution in [0, 0.1) is 23.1 Å². The summed E-state index contributed by atoms with van der Waals surface area (Å²) >= 11 is 0. The van der Waals surface area contributed by atoms with Gasteiger partial charge in [0.05, 0.1) is 12.7 Å². The van der Waals surface area contributed by atoms with Gasteiger partial charge in [-0.25, -0.2) is 4.39 Å². The predicted octanol–water partition coefficient (Wildman–Crippen LogP) is 2.14. The summed E-state index contributed by atoms with van der Waals surface area (Å²) in [7, 11) is 0. The quantitative estimate of drug-likeness (QED) is 0.583. The fourth-order valence-electron chi connectivity index (χ4n) is 1.40. The first-order chi connectivity index (χ1) is 9.17. The average molecular weight is 262 g/mol. The van der Waals surface area contributed by atoms with E-state index < -0.39 is 11.9 Å². The molecule has 1 atom stereocenters. The van der Waals surface area contributed by atoms with Crippen LogP contribution in [-0.4, -0.2) is 25.3 Å². The number of rotatable bonds is 6. The number of benzene rings is 1. The number of halogens is 1. The van der Waals surface area contributed by atoms with Crippen LogP contribution < -0.4 is 0 Å². The molecule has 100 valence electrons. The van der Waals surface area contributed by atoms with E-state index in [4.69, 9.17) is 10.00 Å². The number of hydrogen-bond donors (Lipinski definition) is 0. The zero-order chi connectivity index (χ0) is 14.1. The fourth-order valence-corrected chi connectivity index (χ4v) is 1.40. The maximum Gasteiger partial charge on any atom is 0.328 e. The number of nitrogens with zero attached hydrogens (tertiary/aromatic N) is 2. The molecule has 0 aromatic heterocycles. The van der Waals surface area contributed by atoms with Gasteiger partial charge in [0.1, 0.15) is 5.82 Å². The van der Waals surface area contributed by atoms with Crippen molar-refractivity contribution in [1.82, 2.24) is 0 Å². The molecule has 1 aromatic rings. The molecular formula is C14H15FN2O2. The van der Waals surface area contributed by atoms with Crippen LogP contribution in [0.4, 0.5) is 4.39 Å². The van der Waals surface area contributed by atoms with Gasteiger partial charge in [0.2, 0.25) is 0 Å². The Morgan fingerprint density at radius 3 is 2.79 bits per heavy atom. The fraction of sp³-hybridized carbons (Fsp3) is 0.357. The van der Waals surface area contributed by atoms with Crippen molar-refractivity contribution < 1.29 is 13.9 Å². The zero-order valence-electron chi connectivity index (χ0n) is 10.7. The summed E-state index contributed by atoms with van der Waals surface area (Å²) in [6.45, 7) is 2.35. The van der Waals surface area contributed by atoms with Crippen LogP contribution >= 0.6 is 0 Å². The van der Waals surface area contributed by atoms with E-state index in [1.54, 1.807) is 19.1 Å². The van der Waals surface area contributed by atoms with Gasteiger partial charge >= 0.3 is 5.97 Å². The molecule has 0 spiro atoms. The number of nitriles is 1. The summed E-state index contributed by atoms with van der Waals surface area (Å²) in [5, 5.41) is 8.79. The van der Waals surface area contributed by atoms with Crippen LogP contribution in [-0.2, 0) is 16.0 Å². The van der Waals surface area contributed by atoms with Crippen molar-refractivity contribution in [3.8, 4) is 6.07 Å². The van der Waals surface area contributed by atoms with Crippen molar-refractivity contribution in [2.75, 3.05) is 13.2 Å².